The van der Waals surface area contributed by atoms with Crippen molar-refractivity contribution in [2.24, 2.45) is 0 Å². The number of phosphoric acid groups is 1. The molecular formula is C33H50NO7PS. The lowest BCUT2D eigenvalue weighted by atomic mass is 10.1. The molecule has 8 nitrogen and oxygen atoms in total. The average Bonchev–Trinajstić information content (AvgIpc) is 3.50. The lowest BCUT2D eigenvalue weighted by molar-refractivity contribution is 0.0159. The van der Waals surface area contributed by atoms with Crippen LogP contribution in [-0.2, 0) is 20.4 Å². The number of benzene rings is 2. The predicted octanol–water partition coefficient (Wildman–Crippen LogP) is 8.86. The summed E-state index contributed by atoms with van der Waals surface area (Å²) in [5.74, 6) is 2.63. The van der Waals surface area contributed by atoms with Crippen molar-refractivity contribution in [1.29, 1.82) is 0 Å². The highest BCUT2D eigenvalue weighted by Crippen LogP contribution is 2.44. The Balaban J connectivity index is 1.36. The SMILES string of the molecule is CCCCCCCCCCCCOc1cccc(OCC(COP(=O)(O)Oc2cccc(CN3C=CSC3)c2)OC)c1C. The van der Waals surface area contributed by atoms with Crippen LogP contribution in [0.2, 0.25) is 0 Å². The Morgan fingerprint density at radius 1 is 0.930 bits per heavy atom. The summed E-state index contributed by atoms with van der Waals surface area (Å²) >= 11 is 1.72. The molecule has 1 heterocycles. The average molecular weight is 636 g/mol. The van der Waals surface area contributed by atoms with Crippen LogP contribution in [0.5, 0.6) is 17.2 Å². The minimum atomic E-state index is -4.37. The second-order valence-electron chi connectivity index (χ2n) is 10.9. The highest BCUT2D eigenvalue weighted by Gasteiger charge is 2.26. The molecule has 2 aromatic carbocycles. The summed E-state index contributed by atoms with van der Waals surface area (Å²) in [6, 6.07) is 12.8. The van der Waals surface area contributed by atoms with Crippen LogP contribution >= 0.6 is 19.6 Å². The van der Waals surface area contributed by atoms with E-state index in [1.807, 2.05) is 42.8 Å². The van der Waals surface area contributed by atoms with E-state index in [9.17, 15) is 9.46 Å². The molecule has 3 rings (SSSR count). The Bertz CT molecular complexity index is 1150. The highest BCUT2D eigenvalue weighted by atomic mass is 32.2. The van der Waals surface area contributed by atoms with Crippen LogP contribution in [0.1, 0.15) is 82.3 Å². The number of nitrogens with zero attached hydrogens (tertiary/aromatic N) is 1. The first-order chi connectivity index (χ1) is 20.9. The lowest BCUT2D eigenvalue weighted by Crippen LogP contribution is -2.26. The van der Waals surface area contributed by atoms with Crippen LogP contribution in [0.15, 0.2) is 54.1 Å². The van der Waals surface area contributed by atoms with Crippen LogP contribution in [0.25, 0.3) is 0 Å². The minimum absolute atomic E-state index is 0.135. The normalized spacial score (nSPS) is 14.9. The zero-order valence-electron chi connectivity index (χ0n) is 26.1. The third kappa shape index (κ3) is 14.0. The molecule has 1 N–H and O–H groups in total. The zero-order valence-corrected chi connectivity index (χ0v) is 27.8. The maximum atomic E-state index is 12.7. The van der Waals surface area contributed by atoms with Crippen molar-refractivity contribution in [1.82, 2.24) is 4.90 Å². The van der Waals surface area contributed by atoms with E-state index >= 15 is 0 Å². The Morgan fingerprint density at radius 2 is 1.60 bits per heavy atom. The number of ether oxygens (including phenoxy) is 3. The van der Waals surface area contributed by atoms with E-state index in [1.54, 1.807) is 30.0 Å². The standard InChI is InChI=1S/C33H50NO7PS/c1-4-5-6-7-8-9-10-11-12-13-21-38-32-18-15-19-33(28(32)2)39-25-31(37-3)26-40-42(35,36)41-30-17-14-16-29(23-30)24-34-20-22-43-27-34/h14-20,22-23,31H,4-13,21,24-27H2,1-3H3,(H,35,36). The molecule has 10 heteroatoms. The second-order valence-corrected chi connectivity index (χ2v) is 13.2. The summed E-state index contributed by atoms with van der Waals surface area (Å²) in [7, 11) is -2.86. The molecule has 0 bridgehead atoms. The fourth-order valence-electron chi connectivity index (χ4n) is 4.73. The molecule has 0 saturated carbocycles. The molecular weight excluding hydrogens is 585 g/mol. The van der Waals surface area contributed by atoms with Crippen LogP contribution in [0, 0.1) is 6.92 Å². The minimum Gasteiger partial charge on any atom is -0.493 e. The van der Waals surface area contributed by atoms with Crippen LogP contribution in [-0.4, -0.2) is 48.7 Å². The van der Waals surface area contributed by atoms with Gasteiger partial charge in [-0.15, -0.1) is 11.8 Å². The van der Waals surface area contributed by atoms with Gasteiger partial charge in [0.15, 0.2) is 0 Å². The Morgan fingerprint density at radius 3 is 2.28 bits per heavy atom. The molecule has 0 saturated heterocycles. The van der Waals surface area contributed by atoms with Gasteiger partial charge in [0.05, 0.1) is 19.1 Å². The predicted molar refractivity (Wildman–Crippen MR) is 175 cm³/mol. The number of methoxy groups -OCH3 is 1. The number of thioether (sulfide) groups is 1. The van der Waals surface area contributed by atoms with Gasteiger partial charge in [0.2, 0.25) is 0 Å². The summed E-state index contributed by atoms with van der Waals surface area (Å²) in [5.41, 5.74) is 1.88. The molecule has 0 radical (unpaired) electrons. The molecule has 1 aliphatic rings. The summed E-state index contributed by atoms with van der Waals surface area (Å²) in [5, 5.41) is 2.04. The monoisotopic (exact) mass is 635 g/mol. The van der Waals surface area contributed by atoms with E-state index in [2.05, 4.69) is 11.8 Å². The molecule has 0 fully saturated rings. The van der Waals surface area contributed by atoms with Gasteiger partial charge in [-0.05, 0) is 48.6 Å². The van der Waals surface area contributed by atoms with Crippen molar-refractivity contribution in [2.45, 2.75) is 90.7 Å². The number of hydrogen-bond acceptors (Lipinski definition) is 8. The quantitative estimate of drug-likeness (QED) is 0.0950. The molecule has 1 aliphatic heterocycles. The Kier molecular flexibility index (Phi) is 16.4. The van der Waals surface area contributed by atoms with E-state index in [0.29, 0.717) is 18.9 Å². The summed E-state index contributed by atoms with van der Waals surface area (Å²) in [6.07, 6.45) is 14.3. The third-order valence-electron chi connectivity index (χ3n) is 7.28. The van der Waals surface area contributed by atoms with Gasteiger partial charge in [-0.1, -0.05) is 82.9 Å². The molecule has 0 amide bonds. The van der Waals surface area contributed by atoms with Gasteiger partial charge in [-0.25, -0.2) is 4.57 Å². The largest absolute Gasteiger partial charge is 0.527 e. The van der Waals surface area contributed by atoms with Gasteiger partial charge in [-0.2, -0.15) is 0 Å². The fourth-order valence-corrected chi connectivity index (χ4v) is 6.23. The van der Waals surface area contributed by atoms with Crippen molar-refractivity contribution in [3.8, 4) is 17.2 Å². The van der Waals surface area contributed by atoms with E-state index in [1.165, 1.54) is 64.9 Å². The molecule has 0 aromatic heterocycles. The topological polar surface area (TPSA) is 86.7 Å². The number of unbranched alkanes of at least 4 members (excludes halogenated alkanes) is 9. The van der Waals surface area contributed by atoms with Crippen molar-refractivity contribution < 1.29 is 32.7 Å². The summed E-state index contributed by atoms with van der Waals surface area (Å²) in [6.45, 7) is 5.55. The highest BCUT2D eigenvalue weighted by molar-refractivity contribution is 8.02. The van der Waals surface area contributed by atoms with Gasteiger partial charge in [0.25, 0.3) is 0 Å². The van der Waals surface area contributed by atoms with Gasteiger partial charge < -0.3 is 23.6 Å². The molecule has 240 valence electrons. The van der Waals surface area contributed by atoms with E-state index in [0.717, 1.165) is 29.2 Å². The first-order valence-electron chi connectivity index (χ1n) is 15.6. The number of phosphoric ester groups is 1. The zero-order chi connectivity index (χ0) is 30.8. The molecule has 2 atom stereocenters. The van der Waals surface area contributed by atoms with Crippen molar-refractivity contribution in [2.75, 3.05) is 32.8 Å². The van der Waals surface area contributed by atoms with Gasteiger partial charge in [0.1, 0.15) is 30.0 Å². The summed E-state index contributed by atoms with van der Waals surface area (Å²) < 4.78 is 40.7. The van der Waals surface area contributed by atoms with E-state index in [-0.39, 0.29) is 19.0 Å². The Labute approximate surface area is 262 Å². The van der Waals surface area contributed by atoms with Gasteiger partial charge in [-0.3, -0.25) is 9.42 Å². The number of hydrogen-bond donors (Lipinski definition) is 1. The lowest BCUT2D eigenvalue weighted by Gasteiger charge is -2.20. The summed E-state index contributed by atoms with van der Waals surface area (Å²) in [4.78, 5) is 12.5. The van der Waals surface area contributed by atoms with Crippen molar-refractivity contribution in [3.63, 3.8) is 0 Å². The van der Waals surface area contributed by atoms with E-state index < -0.39 is 13.9 Å². The third-order valence-corrected chi connectivity index (χ3v) is 9.00. The van der Waals surface area contributed by atoms with Crippen LogP contribution in [0.4, 0.5) is 0 Å². The molecule has 43 heavy (non-hydrogen) atoms. The maximum Gasteiger partial charge on any atom is 0.527 e. The Hall–Kier alpha value is -2.16. The fraction of sp³-hybridized carbons (Fsp3) is 0.576. The van der Waals surface area contributed by atoms with Crippen LogP contribution in [0.3, 0.4) is 0 Å². The first kappa shape index (κ1) is 35.3. The molecule has 2 unspecified atom stereocenters. The molecule has 0 aliphatic carbocycles. The van der Waals surface area contributed by atoms with Crippen molar-refractivity contribution >= 4 is 19.6 Å². The first-order valence-corrected chi connectivity index (χ1v) is 18.1. The van der Waals surface area contributed by atoms with Crippen LogP contribution < -0.4 is 14.0 Å². The second kappa shape index (κ2) is 20.0. The number of rotatable bonds is 23. The van der Waals surface area contributed by atoms with Gasteiger partial charge in [0, 0.05) is 25.4 Å². The molecule has 2 aromatic rings. The van der Waals surface area contributed by atoms with E-state index in [4.69, 9.17) is 23.3 Å². The maximum absolute atomic E-state index is 12.7. The smallest absolute Gasteiger partial charge is 0.493 e. The van der Waals surface area contributed by atoms with Crippen molar-refractivity contribution in [3.05, 3.63) is 65.2 Å². The molecule has 0 spiro atoms. The van der Waals surface area contributed by atoms with Gasteiger partial charge >= 0.3 is 7.82 Å².